The van der Waals surface area contributed by atoms with Crippen LogP contribution >= 0.6 is 0 Å². The zero-order chi connectivity index (χ0) is 14.9. The summed E-state index contributed by atoms with van der Waals surface area (Å²) in [7, 11) is 1.40. The molecule has 0 bridgehead atoms. The second-order valence-corrected chi connectivity index (χ2v) is 12.5. The fourth-order valence-corrected chi connectivity index (χ4v) is 9.10. The molecule has 119 valence electrons. The molecular formula is C18H39Si2. The van der Waals surface area contributed by atoms with Gasteiger partial charge in [0.15, 0.2) is 0 Å². The monoisotopic (exact) mass is 311 g/mol. The minimum Gasteiger partial charge on any atom is -0.0654 e. The van der Waals surface area contributed by atoms with Gasteiger partial charge in [0.05, 0.1) is 0 Å². The Labute approximate surface area is 133 Å². The average Bonchev–Trinajstić information content (AvgIpc) is 2.47. The van der Waals surface area contributed by atoms with Crippen molar-refractivity contribution in [3.05, 3.63) is 0 Å². The van der Waals surface area contributed by atoms with E-state index in [9.17, 15) is 0 Å². The van der Waals surface area contributed by atoms with Crippen molar-refractivity contribution in [3.63, 3.8) is 0 Å². The van der Waals surface area contributed by atoms with E-state index in [1.165, 1.54) is 86.1 Å². The topological polar surface area (TPSA) is 0 Å². The molecule has 0 heterocycles. The molecule has 0 amide bonds. The summed E-state index contributed by atoms with van der Waals surface area (Å²) < 4.78 is 0. The number of hydrogen-bond acceptors (Lipinski definition) is 0. The summed E-state index contributed by atoms with van der Waals surface area (Å²) >= 11 is 0. The largest absolute Gasteiger partial charge is 0.0654 e. The lowest BCUT2D eigenvalue weighted by atomic mass is 10.2. The molecule has 0 aromatic heterocycles. The van der Waals surface area contributed by atoms with Crippen molar-refractivity contribution < 1.29 is 0 Å². The zero-order valence-corrected chi connectivity index (χ0v) is 16.6. The Hall–Kier alpha value is 0.434. The summed E-state index contributed by atoms with van der Waals surface area (Å²) in [6.45, 7) is 6.97. The third kappa shape index (κ3) is 14.8. The van der Waals surface area contributed by atoms with Crippen LogP contribution in [0.3, 0.4) is 0 Å². The van der Waals surface area contributed by atoms with Gasteiger partial charge in [-0.25, -0.2) is 0 Å². The predicted molar refractivity (Wildman–Crippen MR) is 98.4 cm³/mol. The van der Waals surface area contributed by atoms with Crippen molar-refractivity contribution in [1.29, 1.82) is 0 Å². The second-order valence-electron chi connectivity index (χ2n) is 6.21. The van der Waals surface area contributed by atoms with Crippen molar-refractivity contribution in [3.8, 4) is 0 Å². The Morgan fingerprint density at radius 1 is 0.550 bits per heavy atom. The van der Waals surface area contributed by atoms with Gasteiger partial charge in [0.1, 0.15) is 0 Å². The number of rotatable bonds is 16. The van der Waals surface area contributed by atoms with E-state index in [-0.39, 0.29) is 8.31 Å². The van der Waals surface area contributed by atoms with Crippen LogP contribution in [-0.4, -0.2) is 17.4 Å². The summed E-state index contributed by atoms with van der Waals surface area (Å²) in [5.74, 6) is 0. The van der Waals surface area contributed by atoms with Crippen molar-refractivity contribution in [2.75, 3.05) is 0 Å². The molecule has 0 saturated carbocycles. The smallest absolute Gasteiger partial charge is 0.0343 e. The molecule has 2 heteroatoms. The van der Waals surface area contributed by atoms with E-state index in [0.717, 1.165) is 0 Å². The molecule has 0 rings (SSSR count). The highest BCUT2D eigenvalue weighted by atomic mass is 29.2. The average molecular weight is 312 g/mol. The van der Waals surface area contributed by atoms with E-state index < -0.39 is 0 Å². The first kappa shape index (κ1) is 20.4. The van der Waals surface area contributed by atoms with Crippen LogP contribution in [0.15, 0.2) is 0 Å². The number of hydrogen-bond donors (Lipinski definition) is 0. The van der Waals surface area contributed by atoms with Crippen LogP contribution in [0, 0.1) is 0 Å². The Kier molecular flexibility index (Phi) is 17.9. The van der Waals surface area contributed by atoms with E-state index in [1.54, 1.807) is 18.1 Å². The van der Waals surface area contributed by atoms with Crippen LogP contribution in [0.4, 0.5) is 0 Å². The summed E-state index contributed by atoms with van der Waals surface area (Å²) in [6.07, 6.45) is 17.6. The van der Waals surface area contributed by atoms with Gasteiger partial charge in [-0.15, -0.1) is 0 Å². The van der Waals surface area contributed by atoms with Gasteiger partial charge in [0.2, 0.25) is 0 Å². The third-order valence-electron chi connectivity index (χ3n) is 4.07. The molecule has 0 N–H and O–H groups in total. The minimum absolute atomic E-state index is 0.0351. The van der Waals surface area contributed by atoms with Crippen LogP contribution in [0.2, 0.25) is 18.1 Å². The van der Waals surface area contributed by atoms with Crippen molar-refractivity contribution in [1.82, 2.24) is 0 Å². The molecule has 0 unspecified atom stereocenters. The summed E-state index contributed by atoms with van der Waals surface area (Å²) in [5, 5.41) is 0. The first-order chi connectivity index (χ1) is 9.85. The molecule has 0 aromatic carbocycles. The highest BCUT2D eigenvalue weighted by Gasteiger charge is 2.11. The molecule has 0 fully saturated rings. The lowest BCUT2D eigenvalue weighted by Gasteiger charge is -2.14. The van der Waals surface area contributed by atoms with Crippen LogP contribution < -0.4 is 0 Å². The Morgan fingerprint density at radius 2 is 1.00 bits per heavy atom. The molecule has 0 nitrogen and oxygen atoms in total. The summed E-state index contributed by atoms with van der Waals surface area (Å²) in [4.78, 5) is 0. The maximum absolute atomic E-state index is 2.33. The standard InChI is InChI=1S/C18H39Si2/c1-4-7-10-13-16-19-20(17-14-11-8-5-2)18-15-12-9-6-3/h4-18H2,1-3H3. The molecule has 0 spiro atoms. The normalized spacial score (nSPS) is 11.4. The molecule has 0 saturated heterocycles. The fourth-order valence-electron chi connectivity index (χ4n) is 2.65. The molecule has 0 aliphatic heterocycles. The predicted octanol–water partition coefficient (Wildman–Crippen LogP) is 6.84. The van der Waals surface area contributed by atoms with Gasteiger partial charge in [-0.1, -0.05) is 116 Å². The molecular weight excluding hydrogens is 272 g/mol. The molecule has 20 heavy (non-hydrogen) atoms. The van der Waals surface area contributed by atoms with Crippen LogP contribution in [0.25, 0.3) is 0 Å². The van der Waals surface area contributed by atoms with Gasteiger partial charge in [0.25, 0.3) is 0 Å². The van der Waals surface area contributed by atoms with E-state index in [1.807, 2.05) is 0 Å². The summed E-state index contributed by atoms with van der Waals surface area (Å²) in [5.41, 5.74) is 0. The van der Waals surface area contributed by atoms with E-state index in [0.29, 0.717) is 0 Å². The Morgan fingerprint density at radius 3 is 1.45 bits per heavy atom. The van der Waals surface area contributed by atoms with Crippen molar-refractivity contribution >= 4 is 17.4 Å². The Bertz CT molecular complexity index is 159. The highest BCUT2D eigenvalue weighted by Crippen LogP contribution is 2.15. The number of unbranched alkanes of at least 4 members (excludes halogenated alkanes) is 9. The fraction of sp³-hybridized carbons (Fsp3) is 1.00. The molecule has 3 radical (unpaired) electrons. The van der Waals surface area contributed by atoms with Gasteiger partial charge in [-0.2, -0.15) is 0 Å². The SMILES string of the molecule is CCCCCC[Si][Si](CCCCCC)CCCCCC. The maximum atomic E-state index is 2.33. The van der Waals surface area contributed by atoms with E-state index in [4.69, 9.17) is 0 Å². The first-order valence-corrected chi connectivity index (χ1v) is 13.6. The van der Waals surface area contributed by atoms with Gasteiger partial charge in [0, 0.05) is 17.4 Å². The third-order valence-corrected chi connectivity index (χ3v) is 10.8. The van der Waals surface area contributed by atoms with Crippen molar-refractivity contribution in [2.45, 2.75) is 116 Å². The lowest BCUT2D eigenvalue weighted by molar-refractivity contribution is 0.687. The molecule has 0 atom stereocenters. The zero-order valence-electron chi connectivity index (χ0n) is 14.6. The lowest BCUT2D eigenvalue weighted by Crippen LogP contribution is -2.21. The van der Waals surface area contributed by atoms with Crippen molar-refractivity contribution in [2.24, 2.45) is 0 Å². The van der Waals surface area contributed by atoms with Gasteiger partial charge >= 0.3 is 0 Å². The van der Waals surface area contributed by atoms with Crippen LogP contribution in [-0.2, 0) is 0 Å². The quantitative estimate of drug-likeness (QED) is 0.216. The van der Waals surface area contributed by atoms with E-state index in [2.05, 4.69) is 20.8 Å². The maximum Gasteiger partial charge on any atom is 0.0343 e. The first-order valence-electron chi connectivity index (χ1n) is 9.43. The Balaban J connectivity index is 3.67. The van der Waals surface area contributed by atoms with Gasteiger partial charge in [-0.05, 0) is 0 Å². The molecule has 0 aromatic rings. The minimum atomic E-state index is 0.0351. The van der Waals surface area contributed by atoms with Crippen LogP contribution in [0.1, 0.15) is 97.8 Å². The molecule has 0 aliphatic rings. The van der Waals surface area contributed by atoms with E-state index >= 15 is 0 Å². The highest BCUT2D eigenvalue weighted by molar-refractivity contribution is 7.12. The van der Waals surface area contributed by atoms with Gasteiger partial charge in [-0.3, -0.25) is 0 Å². The van der Waals surface area contributed by atoms with Gasteiger partial charge < -0.3 is 0 Å². The van der Waals surface area contributed by atoms with Crippen LogP contribution in [0.5, 0.6) is 0 Å². The molecule has 0 aliphatic carbocycles. The summed E-state index contributed by atoms with van der Waals surface area (Å²) in [6, 6.07) is 4.82. The second kappa shape index (κ2) is 17.5.